The van der Waals surface area contributed by atoms with Crippen LogP contribution in [0, 0.1) is 5.41 Å². The van der Waals surface area contributed by atoms with E-state index in [9.17, 15) is 0 Å². The van der Waals surface area contributed by atoms with Gasteiger partial charge in [-0.2, -0.15) is 0 Å². The highest BCUT2D eigenvalue weighted by atomic mass is 32.1. The molecule has 21 heavy (non-hydrogen) atoms. The maximum absolute atomic E-state index is 5.94. The fraction of sp³-hybridized carbons (Fsp3) is 0.471. The van der Waals surface area contributed by atoms with Crippen LogP contribution in [-0.2, 0) is 6.54 Å². The van der Waals surface area contributed by atoms with Crippen molar-refractivity contribution in [1.29, 1.82) is 0 Å². The van der Waals surface area contributed by atoms with E-state index < -0.39 is 0 Å². The molecule has 0 spiro atoms. The lowest BCUT2D eigenvalue weighted by atomic mass is 9.84. The Morgan fingerprint density at radius 1 is 1.29 bits per heavy atom. The van der Waals surface area contributed by atoms with Crippen LogP contribution in [0.2, 0.25) is 0 Å². The molecule has 0 amide bonds. The van der Waals surface area contributed by atoms with Crippen molar-refractivity contribution in [2.24, 2.45) is 11.1 Å². The largest absolute Gasteiger partial charge is 0.348 e. The van der Waals surface area contributed by atoms with E-state index in [0.717, 1.165) is 29.5 Å². The summed E-state index contributed by atoms with van der Waals surface area (Å²) in [5.41, 5.74) is 8.53. The second kappa shape index (κ2) is 5.78. The minimum atomic E-state index is 0.375. The Labute approximate surface area is 130 Å². The molecule has 112 valence electrons. The molecule has 3 rings (SSSR count). The molecule has 0 bridgehead atoms. The molecule has 0 saturated carbocycles. The zero-order chi connectivity index (χ0) is 14.9. The van der Waals surface area contributed by atoms with Crippen LogP contribution in [0.15, 0.2) is 30.3 Å². The van der Waals surface area contributed by atoms with Gasteiger partial charge in [-0.1, -0.05) is 55.5 Å². The molecule has 0 unspecified atom stereocenters. The molecule has 1 fully saturated rings. The molecule has 1 saturated heterocycles. The summed E-state index contributed by atoms with van der Waals surface area (Å²) in [7, 11) is 0. The molecular weight excluding hydrogens is 278 g/mol. The van der Waals surface area contributed by atoms with Gasteiger partial charge in [0.05, 0.1) is 5.69 Å². The Morgan fingerprint density at radius 2 is 2.05 bits per heavy atom. The number of hydrogen-bond donors (Lipinski definition) is 1. The summed E-state index contributed by atoms with van der Waals surface area (Å²) in [6, 6.07) is 10.4. The summed E-state index contributed by atoms with van der Waals surface area (Å²) in [6.07, 6.45) is 2.54. The average molecular weight is 301 g/mol. The predicted octanol–water partition coefficient (Wildman–Crippen LogP) is 3.90. The van der Waals surface area contributed by atoms with Gasteiger partial charge in [0, 0.05) is 30.1 Å². The van der Waals surface area contributed by atoms with Gasteiger partial charge in [0.2, 0.25) is 0 Å². The van der Waals surface area contributed by atoms with Crippen LogP contribution in [0.4, 0.5) is 5.13 Å². The second-order valence-corrected chi connectivity index (χ2v) is 7.59. The Bertz CT molecular complexity index is 604. The number of thiazole rings is 1. The third-order valence-corrected chi connectivity index (χ3v) is 5.23. The number of benzene rings is 1. The van der Waals surface area contributed by atoms with Gasteiger partial charge in [-0.25, -0.2) is 4.98 Å². The molecule has 2 N–H and O–H groups in total. The van der Waals surface area contributed by atoms with E-state index in [1.165, 1.54) is 17.7 Å². The van der Waals surface area contributed by atoms with Crippen molar-refractivity contribution in [2.75, 3.05) is 18.0 Å². The van der Waals surface area contributed by atoms with Gasteiger partial charge in [0.1, 0.15) is 0 Å². The van der Waals surface area contributed by atoms with Gasteiger partial charge in [0.15, 0.2) is 5.13 Å². The molecule has 1 aliphatic heterocycles. The smallest absolute Gasteiger partial charge is 0.186 e. The Morgan fingerprint density at radius 3 is 2.71 bits per heavy atom. The molecule has 2 aromatic rings. The number of nitrogens with two attached hydrogens (primary N) is 1. The number of nitrogens with zero attached hydrogens (tertiary/aromatic N) is 2. The standard InChI is InChI=1S/C17H23N3S/c1-17(2)9-6-10-20(12-17)16-19-15(14(11-18)21-16)13-7-4-3-5-8-13/h3-5,7-8H,6,9-12,18H2,1-2H3. The summed E-state index contributed by atoms with van der Waals surface area (Å²) in [4.78, 5) is 8.52. The Hall–Kier alpha value is -1.39. The van der Waals surface area contributed by atoms with E-state index >= 15 is 0 Å². The molecule has 0 atom stereocenters. The maximum atomic E-state index is 5.94. The van der Waals surface area contributed by atoms with Gasteiger partial charge >= 0.3 is 0 Å². The van der Waals surface area contributed by atoms with Gasteiger partial charge in [-0.15, -0.1) is 0 Å². The molecule has 0 aliphatic carbocycles. The molecule has 2 heterocycles. The molecule has 3 nitrogen and oxygen atoms in total. The van der Waals surface area contributed by atoms with E-state index in [0.29, 0.717) is 12.0 Å². The van der Waals surface area contributed by atoms with E-state index in [4.69, 9.17) is 10.7 Å². The van der Waals surface area contributed by atoms with Crippen LogP contribution in [0.3, 0.4) is 0 Å². The SMILES string of the molecule is CC1(C)CCCN(c2nc(-c3ccccc3)c(CN)s2)C1. The number of anilines is 1. The van der Waals surface area contributed by atoms with Gasteiger partial charge < -0.3 is 10.6 Å². The molecule has 4 heteroatoms. The Kier molecular flexibility index (Phi) is 4.00. The lowest BCUT2D eigenvalue weighted by Crippen LogP contribution is -2.40. The number of hydrogen-bond acceptors (Lipinski definition) is 4. The molecule has 1 aliphatic rings. The normalized spacial score (nSPS) is 18.0. The van der Waals surface area contributed by atoms with Crippen molar-refractivity contribution in [3.63, 3.8) is 0 Å². The van der Waals surface area contributed by atoms with E-state index in [1.807, 2.05) is 6.07 Å². The first-order chi connectivity index (χ1) is 10.1. The van der Waals surface area contributed by atoms with Crippen LogP contribution >= 0.6 is 11.3 Å². The first-order valence-corrected chi connectivity index (χ1v) is 8.41. The van der Waals surface area contributed by atoms with Crippen molar-refractivity contribution in [3.8, 4) is 11.3 Å². The zero-order valence-corrected chi connectivity index (χ0v) is 13.6. The summed E-state index contributed by atoms with van der Waals surface area (Å²) in [5, 5.41) is 1.13. The summed E-state index contributed by atoms with van der Waals surface area (Å²) in [6.45, 7) is 7.43. The predicted molar refractivity (Wildman–Crippen MR) is 90.7 cm³/mol. The first kappa shape index (κ1) is 14.5. The fourth-order valence-corrected chi connectivity index (χ4v) is 4.01. The van der Waals surface area contributed by atoms with Gasteiger partial charge in [-0.05, 0) is 18.3 Å². The Balaban J connectivity index is 1.93. The maximum Gasteiger partial charge on any atom is 0.186 e. The minimum absolute atomic E-state index is 0.375. The molecule has 0 radical (unpaired) electrons. The van der Waals surface area contributed by atoms with E-state index in [2.05, 4.69) is 43.0 Å². The highest BCUT2D eigenvalue weighted by Gasteiger charge is 2.28. The number of piperidine rings is 1. The lowest BCUT2D eigenvalue weighted by Gasteiger charge is -2.37. The fourth-order valence-electron chi connectivity index (χ4n) is 3.02. The van der Waals surface area contributed by atoms with Crippen LogP contribution < -0.4 is 10.6 Å². The highest BCUT2D eigenvalue weighted by Crippen LogP contribution is 2.37. The van der Waals surface area contributed by atoms with Crippen LogP contribution in [0.5, 0.6) is 0 Å². The third-order valence-electron chi connectivity index (χ3n) is 4.09. The minimum Gasteiger partial charge on any atom is -0.348 e. The number of aromatic nitrogens is 1. The third kappa shape index (κ3) is 3.11. The zero-order valence-electron chi connectivity index (χ0n) is 12.8. The quantitative estimate of drug-likeness (QED) is 0.935. The van der Waals surface area contributed by atoms with Gasteiger partial charge in [0.25, 0.3) is 0 Å². The van der Waals surface area contributed by atoms with Crippen LogP contribution in [0.25, 0.3) is 11.3 Å². The van der Waals surface area contributed by atoms with Crippen molar-refractivity contribution < 1.29 is 0 Å². The first-order valence-electron chi connectivity index (χ1n) is 7.59. The van der Waals surface area contributed by atoms with Crippen LogP contribution in [-0.4, -0.2) is 18.1 Å². The van der Waals surface area contributed by atoms with Crippen molar-refractivity contribution >= 4 is 16.5 Å². The highest BCUT2D eigenvalue weighted by molar-refractivity contribution is 7.16. The van der Waals surface area contributed by atoms with E-state index in [-0.39, 0.29) is 0 Å². The topological polar surface area (TPSA) is 42.2 Å². The second-order valence-electron chi connectivity index (χ2n) is 6.53. The summed E-state index contributed by atoms with van der Waals surface area (Å²) in [5.74, 6) is 0. The molecule has 1 aromatic carbocycles. The van der Waals surface area contributed by atoms with Gasteiger partial charge in [-0.3, -0.25) is 0 Å². The van der Waals surface area contributed by atoms with Crippen molar-refractivity contribution in [1.82, 2.24) is 4.98 Å². The summed E-state index contributed by atoms with van der Waals surface area (Å²) >= 11 is 1.75. The molecular formula is C17H23N3S. The monoisotopic (exact) mass is 301 g/mol. The number of rotatable bonds is 3. The van der Waals surface area contributed by atoms with Crippen molar-refractivity contribution in [2.45, 2.75) is 33.2 Å². The average Bonchev–Trinajstić information content (AvgIpc) is 2.91. The lowest BCUT2D eigenvalue weighted by molar-refractivity contribution is 0.293. The molecule has 1 aromatic heterocycles. The summed E-state index contributed by atoms with van der Waals surface area (Å²) < 4.78 is 0. The van der Waals surface area contributed by atoms with Crippen LogP contribution in [0.1, 0.15) is 31.6 Å². The van der Waals surface area contributed by atoms with Crippen molar-refractivity contribution in [3.05, 3.63) is 35.2 Å². The van der Waals surface area contributed by atoms with E-state index in [1.54, 1.807) is 11.3 Å².